The molecule has 4 aromatic rings. The molecule has 0 radical (unpaired) electrons. The lowest BCUT2D eigenvalue weighted by atomic mass is 9.91. The third-order valence-corrected chi connectivity index (χ3v) is 7.50. The highest BCUT2D eigenvalue weighted by atomic mass is 35.5. The number of aromatic nitrogens is 4. The van der Waals surface area contributed by atoms with Crippen LogP contribution < -0.4 is 0 Å². The molecule has 4 rings (SSSR count). The van der Waals surface area contributed by atoms with E-state index < -0.39 is 34.7 Å². The normalized spacial score (nSPS) is 11.8. The standard InChI is InChI=1S/C28H20Cl4N4O6/c1-11-19(25(37)15-7-5-13(29)9-17(15)31)23(35(3)33-11)21(27(39)40)22(28(41)42)24-20(12(2)34-36(24)4)26(38)16-8-6-14(30)10-18(16)32/h5-10H,1-4H3,(H,39,40)(H,41,42)/b22-21-. The van der Waals surface area contributed by atoms with Crippen molar-refractivity contribution in [3.05, 3.63) is 102 Å². The Bertz CT molecular complexity index is 1740. The summed E-state index contributed by atoms with van der Waals surface area (Å²) >= 11 is 24.5. The lowest BCUT2D eigenvalue weighted by Gasteiger charge is -2.14. The maximum atomic E-state index is 13.7. The molecule has 0 fully saturated rings. The predicted molar refractivity (Wildman–Crippen MR) is 158 cm³/mol. The molecule has 10 nitrogen and oxygen atoms in total. The zero-order valence-electron chi connectivity index (χ0n) is 22.3. The van der Waals surface area contributed by atoms with Crippen LogP contribution in [0.1, 0.15) is 54.6 Å². The van der Waals surface area contributed by atoms with Crippen molar-refractivity contribution >= 4 is 81.1 Å². The number of rotatable bonds is 8. The maximum Gasteiger partial charge on any atom is 0.338 e. The van der Waals surface area contributed by atoms with Gasteiger partial charge < -0.3 is 10.2 Å². The molecule has 0 aliphatic rings. The number of nitrogens with zero attached hydrogens (tertiary/aromatic N) is 4. The van der Waals surface area contributed by atoms with Gasteiger partial charge in [0.2, 0.25) is 0 Å². The van der Waals surface area contributed by atoms with Crippen LogP contribution in [0.4, 0.5) is 0 Å². The van der Waals surface area contributed by atoms with E-state index in [9.17, 15) is 29.4 Å². The summed E-state index contributed by atoms with van der Waals surface area (Å²) in [7, 11) is 2.72. The summed E-state index contributed by atoms with van der Waals surface area (Å²) in [6, 6.07) is 8.28. The molecule has 0 aliphatic heterocycles. The number of ketones is 2. The molecular formula is C28H20Cl4N4O6. The van der Waals surface area contributed by atoms with Gasteiger partial charge in [-0.25, -0.2) is 9.59 Å². The first-order valence-corrected chi connectivity index (χ1v) is 13.4. The predicted octanol–water partition coefficient (Wildman–Crippen LogP) is 5.93. The quantitative estimate of drug-likeness (QED) is 0.177. The molecule has 14 heteroatoms. The zero-order chi connectivity index (χ0) is 31.2. The average Bonchev–Trinajstić information content (AvgIpc) is 3.33. The van der Waals surface area contributed by atoms with Crippen molar-refractivity contribution in [3.8, 4) is 0 Å². The van der Waals surface area contributed by atoms with Crippen molar-refractivity contribution in [2.75, 3.05) is 0 Å². The largest absolute Gasteiger partial charge is 0.478 e. The van der Waals surface area contributed by atoms with Gasteiger partial charge in [-0.2, -0.15) is 10.2 Å². The highest BCUT2D eigenvalue weighted by molar-refractivity contribution is 6.41. The topological polar surface area (TPSA) is 144 Å². The van der Waals surface area contributed by atoms with Crippen LogP contribution in [0.5, 0.6) is 0 Å². The van der Waals surface area contributed by atoms with Crippen LogP contribution >= 0.6 is 46.4 Å². The Balaban J connectivity index is 2.09. The number of carboxylic acid groups (broad SMARTS) is 2. The van der Waals surface area contributed by atoms with E-state index in [1.807, 2.05) is 0 Å². The van der Waals surface area contributed by atoms with Gasteiger partial charge in [-0.1, -0.05) is 46.4 Å². The van der Waals surface area contributed by atoms with Crippen LogP contribution in [-0.2, 0) is 23.7 Å². The molecule has 2 heterocycles. The maximum absolute atomic E-state index is 13.7. The highest BCUT2D eigenvalue weighted by Crippen LogP contribution is 2.36. The third kappa shape index (κ3) is 5.46. The Morgan fingerprint density at radius 1 is 0.643 bits per heavy atom. The smallest absolute Gasteiger partial charge is 0.338 e. The van der Waals surface area contributed by atoms with Gasteiger partial charge in [0.05, 0.1) is 43.9 Å². The van der Waals surface area contributed by atoms with E-state index in [0.29, 0.717) is 0 Å². The molecule has 0 atom stereocenters. The van der Waals surface area contributed by atoms with Crippen molar-refractivity contribution in [1.29, 1.82) is 0 Å². The molecule has 216 valence electrons. The van der Waals surface area contributed by atoms with Crippen LogP contribution in [0.2, 0.25) is 20.1 Å². The monoisotopic (exact) mass is 648 g/mol. The Kier molecular flexibility index (Phi) is 8.65. The van der Waals surface area contributed by atoms with Gasteiger partial charge in [0, 0.05) is 35.3 Å². The van der Waals surface area contributed by atoms with Crippen molar-refractivity contribution in [2.45, 2.75) is 13.8 Å². The van der Waals surface area contributed by atoms with Crippen LogP contribution in [-0.4, -0.2) is 53.3 Å². The van der Waals surface area contributed by atoms with E-state index in [2.05, 4.69) is 10.2 Å². The van der Waals surface area contributed by atoms with Crippen LogP contribution in [0.3, 0.4) is 0 Å². The van der Waals surface area contributed by atoms with Crippen LogP contribution in [0.25, 0.3) is 11.1 Å². The molecular weight excluding hydrogens is 630 g/mol. The molecule has 0 bridgehead atoms. The van der Waals surface area contributed by atoms with E-state index in [1.54, 1.807) is 0 Å². The van der Waals surface area contributed by atoms with Gasteiger partial charge >= 0.3 is 11.9 Å². The molecule has 0 amide bonds. The van der Waals surface area contributed by atoms with Gasteiger partial charge in [-0.15, -0.1) is 0 Å². The second-order valence-electron chi connectivity index (χ2n) is 9.13. The number of aliphatic carboxylic acids is 2. The fourth-order valence-corrected chi connectivity index (χ4v) is 5.69. The fourth-order valence-electron chi connectivity index (χ4n) is 4.70. The number of aryl methyl sites for hydroxylation is 4. The van der Waals surface area contributed by atoms with Gasteiger partial charge in [0.1, 0.15) is 11.1 Å². The Hall–Kier alpha value is -3.96. The van der Waals surface area contributed by atoms with E-state index in [4.69, 9.17) is 46.4 Å². The van der Waals surface area contributed by atoms with Gasteiger partial charge in [-0.3, -0.25) is 19.0 Å². The summed E-state index contributed by atoms with van der Waals surface area (Å²) in [5, 5.41) is 29.9. The van der Waals surface area contributed by atoms with Crippen LogP contribution in [0, 0.1) is 13.8 Å². The number of benzene rings is 2. The summed E-state index contributed by atoms with van der Waals surface area (Å²) in [4.78, 5) is 53.3. The molecule has 0 saturated heterocycles. The second kappa shape index (κ2) is 11.7. The van der Waals surface area contributed by atoms with E-state index in [0.717, 1.165) is 9.36 Å². The first-order chi connectivity index (χ1) is 19.6. The summed E-state index contributed by atoms with van der Waals surface area (Å²) in [6.45, 7) is 2.93. The molecule has 2 aromatic carbocycles. The van der Waals surface area contributed by atoms with Crippen molar-refractivity contribution in [2.24, 2.45) is 14.1 Å². The Morgan fingerprint density at radius 3 is 1.26 bits per heavy atom. The number of hydrogen-bond acceptors (Lipinski definition) is 6. The molecule has 42 heavy (non-hydrogen) atoms. The van der Waals surface area contributed by atoms with Gasteiger partial charge in [-0.05, 0) is 50.2 Å². The van der Waals surface area contributed by atoms with Gasteiger partial charge in [0.15, 0.2) is 11.6 Å². The molecule has 0 unspecified atom stereocenters. The van der Waals surface area contributed by atoms with E-state index in [1.165, 1.54) is 64.3 Å². The number of halogens is 4. The number of carbonyl (C=O) groups excluding carboxylic acids is 2. The highest BCUT2D eigenvalue weighted by Gasteiger charge is 2.37. The first-order valence-electron chi connectivity index (χ1n) is 11.9. The SMILES string of the molecule is Cc1nn(C)c(/C(C(=O)O)=C(/C(=O)O)c2c(C(=O)c3ccc(Cl)cc3Cl)c(C)nn2C)c1C(=O)c1ccc(Cl)cc1Cl. The number of hydrogen-bond donors (Lipinski definition) is 2. The minimum atomic E-state index is -1.70. The van der Waals surface area contributed by atoms with Gasteiger partial charge in [0.25, 0.3) is 0 Å². The molecule has 2 aromatic heterocycles. The van der Waals surface area contributed by atoms with Crippen LogP contribution in [0.15, 0.2) is 36.4 Å². The fraction of sp³-hybridized carbons (Fsp3) is 0.143. The van der Waals surface area contributed by atoms with Crippen molar-refractivity contribution in [3.63, 3.8) is 0 Å². The van der Waals surface area contributed by atoms with E-state index in [-0.39, 0.29) is 65.1 Å². The summed E-state index contributed by atoms with van der Waals surface area (Å²) in [5.74, 6) is -4.83. The second-order valence-corrected chi connectivity index (χ2v) is 10.8. The Labute approximate surface area is 258 Å². The zero-order valence-corrected chi connectivity index (χ0v) is 25.3. The summed E-state index contributed by atoms with van der Waals surface area (Å²) in [6.07, 6.45) is 0. The van der Waals surface area contributed by atoms with Crippen molar-refractivity contribution < 1.29 is 29.4 Å². The molecule has 0 aliphatic carbocycles. The molecule has 0 spiro atoms. The summed E-state index contributed by atoms with van der Waals surface area (Å²) in [5.41, 5.74) is -2.47. The molecule has 0 saturated carbocycles. The Morgan fingerprint density at radius 2 is 0.976 bits per heavy atom. The van der Waals surface area contributed by atoms with E-state index >= 15 is 0 Å². The first kappa shape index (κ1) is 31.0. The minimum Gasteiger partial charge on any atom is -0.478 e. The number of carbonyl (C=O) groups is 4. The summed E-state index contributed by atoms with van der Waals surface area (Å²) < 4.78 is 2.17. The third-order valence-electron chi connectivity index (χ3n) is 6.40. The lowest BCUT2D eigenvalue weighted by Crippen LogP contribution is -2.19. The minimum absolute atomic E-state index is 0.00370. The molecule has 2 N–H and O–H groups in total. The average molecular weight is 650 g/mol. The lowest BCUT2D eigenvalue weighted by molar-refractivity contribution is -0.132. The van der Waals surface area contributed by atoms with Crippen molar-refractivity contribution in [1.82, 2.24) is 19.6 Å². The number of carboxylic acids is 2.